The van der Waals surface area contributed by atoms with Gasteiger partial charge in [0.1, 0.15) is 0 Å². The molecule has 4 heteroatoms. The number of nitrogens with one attached hydrogen (secondary N) is 1. The molecule has 0 saturated heterocycles. The fraction of sp³-hybridized carbons (Fsp3) is 0.600. The van der Waals surface area contributed by atoms with Crippen molar-refractivity contribution in [3.63, 3.8) is 0 Å². The predicted molar refractivity (Wildman–Crippen MR) is 79.0 cm³/mol. The summed E-state index contributed by atoms with van der Waals surface area (Å²) in [6.07, 6.45) is 2.43. The summed E-state index contributed by atoms with van der Waals surface area (Å²) >= 11 is 0. The number of methoxy groups -OCH3 is 2. The highest BCUT2D eigenvalue weighted by atomic mass is 16.5. The van der Waals surface area contributed by atoms with Crippen molar-refractivity contribution in [2.24, 2.45) is 0 Å². The molecule has 0 spiro atoms. The minimum absolute atomic E-state index is 0.775. The predicted octanol–water partition coefficient (Wildman–Crippen LogP) is 2.14. The second kappa shape index (κ2) is 8.77. The van der Waals surface area contributed by atoms with E-state index in [0.29, 0.717) is 0 Å². The molecule has 108 valence electrons. The normalized spacial score (nSPS) is 10.8. The summed E-state index contributed by atoms with van der Waals surface area (Å²) in [5.41, 5.74) is 1.21. The van der Waals surface area contributed by atoms with Crippen molar-refractivity contribution in [1.29, 1.82) is 0 Å². The number of hydrogen-bond acceptors (Lipinski definition) is 4. The Labute approximate surface area is 116 Å². The molecular formula is C15H26N2O2. The quantitative estimate of drug-likeness (QED) is 0.694. The lowest BCUT2D eigenvalue weighted by molar-refractivity contribution is 0.354. The molecule has 1 aromatic rings. The van der Waals surface area contributed by atoms with Crippen molar-refractivity contribution in [3.8, 4) is 11.5 Å². The topological polar surface area (TPSA) is 33.7 Å². The van der Waals surface area contributed by atoms with Gasteiger partial charge in [0, 0.05) is 6.54 Å². The van der Waals surface area contributed by atoms with Gasteiger partial charge < -0.3 is 19.7 Å². The molecule has 0 aromatic heterocycles. The smallest absolute Gasteiger partial charge is 0.161 e. The van der Waals surface area contributed by atoms with Crippen molar-refractivity contribution in [1.82, 2.24) is 10.2 Å². The first-order chi connectivity index (χ1) is 9.17. The minimum Gasteiger partial charge on any atom is -0.493 e. The highest BCUT2D eigenvalue weighted by Crippen LogP contribution is 2.27. The molecule has 0 atom stereocenters. The van der Waals surface area contributed by atoms with E-state index in [2.05, 4.69) is 30.4 Å². The molecule has 0 bridgehead atoms. The molecule has 1 aromatic carbocycles. The highest BCUT2D eigenvalue weighted by Gasteiger charge is 2.03. The maximum Gasteiger partial charge on any atom is 0.161 e. The highest BCUT2D eigenvalue weighted by molar-refractivity contribution is 5.42. The zero-order chi connectivity index (χ0) is 14.1. The van der Waals surface area contributed by atoms with Crippen LogP contribution in [0.25, 0.3) is 0 Å². The molecule has 0 saturated carbocycles. The van der Waals surface area contributed by atoms with Crippen LogP contribution in [0.4, 0.5) is 0 Å². The first-order valence-corrected chi connectivity index (χ1v) is 6.73. The molecule has 0 fully saturated rings. The van der Waals surface area contributed by atoms with Gasteiger partial charge in [-0.1, -0.05) is 6.07 Å². The maximum absolute atomic E-state index is 5.29. The van der Waals surface area contributed by atoms with Crippen LogP contribution in [-0.2, 0) is 6.54 Å². The van der Waals surface area contributed by atoms with Crippen LogP contribution >= 0.6 is 0 Å². The summed E-state index contributed by atoms with van der Waals surface area (Å²) in [7, 11) is 7.53. The van der Waals surface area contributed by atoms with E-state index in [1.54, 1.807) is 14.2 Å². The monoisotopic (exact) mass is 266 g/mol. The Morgan fingerprint density at radius 1 is 1.05 bits per heavy atom. The Morgan fingerprint density at radius 3 is 2.42 bits per heavy atom. The Morgan fingerprint density at radius 2 is 1.79 bits per heavy atom. The average molecular weight is 266 g/mol. The number of unbranched alkanes of at least 4 members (excludes halogenated alkanes) is 1. The van der Waals surface area contributed by atoms with Crippen molar-refractivity contribution >= 4 is 0 Å². The largest absolute Gasteiger partial charge is 0.493 e. The summed E-state index contributed by atoms with van der Waals surface area (Å²) in [6, 6.07) is 6.03. The molecule has 0 heterocycles. The van der Waals surface area contributed by atoms with Gasteiger partial charge in [-0.25, -0.2) is 0 Å². The van der Waals surface area contributed by atoms with Crippen LogP contribution in [0.2, 0.25) is 0 Å². The van der Waals surface area contributed by atoms with E-state index in [-0.39, 0.29) is 0 Å². The van der Waals surface area contributed by atoms with E-state index in [9.17, 15) is 0 Å². The van der Waals surface area contributed by atoms with Crippen LogP contribution in [0.5, 0.6) is 11.5 Å². The summed E-state index contributed by atoms with van der Waals surface area (Å²) < 4.78 is 10.5. The van der Waals surface area contributed by atoms with Crippen molar-refractivity contribution < 1.29 is 9.47 Å². The third-order valence-electron chi connectivity index (χ3n) is 2.99. The SMILES string of the molecule is COc1ccc(CNCCCCN(C)C)cc1OC. The average Bonchev–Trinajstić information content (AvgIpc) is 2.42. The summed E-state index contributed by atoms with van der Waals surface area (Å²) in [4.78, 5) is 2.22. The van der Waals surface area contributed by atoms with E-state index in [0.717, 1.165) is 31.1 Å². The van der Waals surface area contributed by atoms with Gasteiger partial charge in [0.25, 0.3) is 0 Å². The Hall–Kier alpha value is -1.26. The second-order valence-corrected chi connectivity index (χ2v) is 4.88. The minimum atomic E-state index is 0.775. The lowest BCUT2D eigenvalue weighted by Crippen LogP contribution is -2.18. The van der Waals surface area contributed by atoms with Crippen LogP contribution in [0.1, 0.15) is 18.4 Å². The summed E-state index contributed by atoms with van der Waals surface area (Å²) in [5.74, 6) is 1.56. The van der Waals surface area contributed by atoms with E-state index in [1.807, 2.05) is 12.1 Å². The number of benzene rings is 1. The van der Waals surface area contributed by atoms with Crippen LogP contribution in [-0.4, -0.2) is 46.3 Å². The zero-order valence-corrected chi connectivity index (χ0v) is 12.5. The number of ether oxygens (including phenoxy) is 2. The van der Waals surface area contributed by atoms with Gasteiger partial charge in [0.05, 0.1) is 14.2 Å². The number of hydrogen-bond donors (Lipinski definition) is 1. The molecule has 0 aliphatic carbocycles. The van der Waals surface area contributed by atoms with E-state index >= 15 is 0 Å². The van der Waals surface area contributed by atoms with Gasteiger partial charge in [0.2, 0.25) is 0 Å². The molecule has 1 rings (SSSR count). The standard InChI is InChI=1S/C15H26N2O2/c1-17(2)10-6-5-9-16-12-13-7-8-14(18-3)15(11-13)19-4/h7-8,11,16H,5-6,9-10,12H2,1-4H3. The van der Waals surface area contributed by atoms with Crippen LogP contribution in [0, 0.1) is 0 Å². The van der Waals surface area contributed by atoms with E-state index in [1.165, 1.54) is 18.4 Å². The lowest BCUT2D eigenvalue weighted by Gasteiger charge is -2.11. The van der Waals surface area contributed by atoms with Crippen molar-refractivity contribution in [2.75, 3.05) is 41.4 Å². The second-order valence-electron chi connectivity index (χ2n) is 4.88. The molecule has 0 radical (unpaired) electrons. The lowest BCUT2D eigenvalue weighted by atomic mass is 10.2. The molecule has 1 N–H and O–H groups in total. The third kappa shape index (κ3) is 5.94. The first kappa shape index (κ1) is 15.8. The zero-order valence-electron chi connectivity index (χ0n) is 12.5. The molecule has 0 amide bonds. The van der Waals surface area contributed by atoms with Gasteiger partial charge >= 0.3 is 0 Å². The Kier molecular flexibility index (Phi) is 7.30. The fourth-order valence-electron chi connectivity index (χ4n) is 1.90. The van der Waals surface area contributed by atoms with Crippen LogP contribution < -0.4 is 14.8 Å². The molecule has 19 heavy (non-hydrogen) atoms. The van der Waals surface area contributed by atoms with Gasteiger partial charge in [-0.15, -0.1) is 0 Å². The maximum atomic E-state index is 5.29. The van der Waals surface area contributed by atoms with Gasteiger partial charge in [-0.05, 0) is 57.7 Å². The Bertz CT molecular complexity index is 367. The van der Waals surface area contributed by atoms with Gasteiger partial charge in [-0.2, -0.15) is 0 Å². The molecular weight excluding hydrogens is 240 g/mol. The number of rotatable bonds is 9. The number of nitrogens with zero attached hydrogens (tertiary/aromatic N) is 1. The van der Waals surface area contributed by atoms with E-state index in [4.69, 9.17) is 9.47 Å². The Balaban J connectivity index is 2.29. The van der Waals surface area contributed by atoms with Crippen molar-refractivity contribution in [3.05, 3.63) is 23.8 Å². The van der Waals surface area contributed by atoms with E-state index < -0.39 is 0 Å². The molecule has 0 aliphatic heterocycles. The van der Waals surface area contributed by atoms with Gasteiger partial charge in [0.15, 0.2) is 11.5 Å². The van der Waals surface area contributed by atoms with Crippen LogP contribution in [0.3, 0.4) is 0 Å². The fourth-order valence-corrected chi connectivity index (χ4v) is 1.90. The molecule has 4 nitrogen and oxygen atoms in total. The first-order valence-electron chi connectivity index (χ1n) is 6.73. The summed E-state index contributed by atoms with van der Waals surface area (Å²) in [6.45, 7) is 3.06. The van der Waals surface area contributed by atoms with Gasteiger partial charge in [-0.3, -0.25) is 0 Å². The van der Waals surface area contributed by atoms with Crippen LogP contribution in [0.15, 0.2) is 18.2 Å². The molecule has 0 aliphatic rings. The van der Waals surface area contributed by atoms with Crippen molar-refractivity contribution in [2.45, 2.75) is 19.4 Å². The molecule has 0 unspecified atom stereocenters. The third-order valence-corrected chi connectivity index (χ3v) is 2.99. The summed E-state index contributed by atoms with van der Waals surface area (Å²) in [5, 5.41) is 3.45.